The molecule has 8 nitrogen and oxygen atoms in total. The van der Waals surface area contributed by atoms with Gasteiger partial charge in [0, 0.05) is 34.6 Å². The number of nitrogens with zero attached hydrogens (tertiary/aromatic N) is 3. The van der Waals surface area contributed by atoms with E-state index in [1.165, 1.54) is 36.0 Å². The molecule has 2 amide bonds. The van der Waals surface area contributed by atoms with Gasteiger partial charge in [0.15, 0.2) is 0 Å². The summed E-state index contributed by atoms with van der Waals surface area (Å²) in [5.74, 6) is -4.76. The van der Waals surface area contributed by atoms with Crippen LogP contribution < -0.4 is 10.6 Å². The van der Waals surface area contributed by atoms with E-state index in [1.54, 1.807) is 13.0 Å². The number of aromatic nitrogens is 3. The van der Waals surface area contributed by atoms with E-state index < -0.39 is 52.5 Å². The van der Waals surface area contributed by atoms with Crippen LogP contribution in [0.4, 0.5) is 27.6 Å². The highest BCUT2D eigenvalue weighted by Gasteiger charge is 2.33. The third kappa shape index (κ3) is 7.41. The average Bonchev–Trinajstić information content (AvgIpc) is 3.29. The van der Waals surface area contributed by atoms with E-state index in [9.17, 15) is 36.3 Å². The molecular weight excluding hydrogens is 597 g/mol. The van der Waals surface area contributed by atoms with Crippen molar-refractivity contribution in [3.8, 4) is 0 Å². The molecule has 2 aromatic carbocycles. The molecule has 224 valence electrons. The molecule has 43 heavy (non-hydrogen) atoms. The van der Waals surface area contributed by atoms with E-state index in [-0.39, 0.29) is 52.6 Å². The van der Waals surface area contributed by atoms with Crippen LogP contribution in [-0.4, -0.2) is 32.1 Å². The van der Waals surface area contributed by atoms with Crippen LogP contribution in [0, 0.1) is 11.6 Å². The van der Waals surface area contributed by atoms with Gasteiger partial charge < -0.3 is 15.2 Å². The quantitative estimate of drug-likeness (QED) is 0.219. The lowest BCUT2D eigenvalue weighted by molar-refractivity contribution is -0.137. The van der Waals surface area contributed by atoms with Crippen molar-refractivity contribution in [3.05, 3.63) is 111 Å². The Morgan fingerprint density at radius 1 is 0.977 bits per heavy atom. The van der Waals surface area contributed by atoms with Gasteiger partial charge in [-0.25, -0.2) is 18.7 Å². The lowest BCUT2D eigenvalue weighted by atomic mass is 9.96. The van der Waals surface area contributed by atoms with Crippen molar-refractivity contribution < 1.29 is 36.3 Å². The van der Waals surface area contributed by atoms with Crippen molar-refractivity contribution in [1.82, 2.24) is 19.9 Å². The zero-order valence-corrected chi connectivity index (χ0v) is 23.4. The molecule has 2 N–H and O–H groups in total. The number of benzene rings is 2. The van der Waals surface area contributed by atoms with Gasteiger partial charge in [-0.15, -0.1) is 0 Å². The van der Waals surface area contributed by atoms with Crippen LogP contribution >= 0.6 is 11.6 Å². The maximum atomic E-state index is 14.2. The minimum absolute atomic E-state index is 0.0991. The highest BCUT2D eigenvalue weighted by molar-refractivity contribution is 6.31. The summed E-state index contributed by atoms with van der Waals surface area (Å²) in [4.78, 5) is 46.9. The SMILES string of the molecule is CC(=O)Cn1c(C(=O)NCc2ncccn2)cc(NC(=O)c2cc(F)cc(C(F)(F)F)c2)c1[C@@H](C)c1cc(F)ccc1Cl. The first-order valence-electron chi connectivity index (χ1n) is 12.7. The fourth-order valence-electron chi connectivity index (χ4n) is 4.46. The van der Waals surface area contributed by atoms with Gasteiger partial charge in [-0.2, -0.15) is 13.2 Å². The van der Waals surface area contributed by atoms with Crippen molar-refractivity contribution >= 4 is 34.9 Å². The minimum atomic E-state index is -4.93. The van der Waals surface area contributed by atoms with Crippen LogP contribution in [0.15, 0.2) is 60.9 Å². The van der Waals surface area contributed by atoms with Crippen molar-refractivity contribution in [2.45, 2.75) is 39.0 Å². The summed E-state index contributed by atoms with van der Waals surface area (Å²) in [5, 5.41) is 5.18. The zero-order valence-electron chi connectivity index (χ0n) is 22.6. The monoisotopic (exact) mass is 619 g/mol. The van der Waals surface area contributed by atoms with Crippen LogP contribution in [0.25, 0.3) is 0 Å². The Balaban J connectivity index is 1.83. The summed E-state index contributed by atoms with van der Waals surface area (Å²) in [6, 6.07) is 7.71. The van der Waals surface area contributed by atoms with E-state index in [0.29, 0.717) is 12.1 Å². The fourth-order valence-corrected chi connectivity index (χ4v) is 4.74. The summed E-state index contributed by atoms with van der Waals surface area (Å²) in [5.41, 5.74) is -1.90. The number of ketones is 1. The number of Topliss-reactive ketones (excluding diaryl/α,β-unsaturated/α-hetero) is 1. The van der Waals surface area contributed by atoms with Crippen molar-refractivity contribution in [1.29, 1.82) is 0 Å². The number of anilines is 1. The van der Waals surface area contributed by atoms with Crippen molar-refractivity contribution in [2.24, 2.45) is 0 Å². The molecule has 2 aromatic heterocycles. The number of halogens is 6. The first-order chi connectivity index (χ1) is 20.2. The largest absolute Gasteiger partial charge is 0.416 e. The molecule has 0 fully saturated rings. The smallest absolute Gasteiger partial charge is 0.343 e. The molecule has 0 radical (unpaired) electrons. The maximum absolute atomic E-state index is 14.2. The summed E-state index contributed by atoms with van der Waals surface area (Å²) in [6.45, 7) is 2.36. The number of amides is 2. The highest BCUT2D eigenvalue weighted by atomic mass is 35.5. The average molecular weight is 620 g/mol. The van der Waals surface area contributed by atoms with Crippen LogP contribution in [0.1, 0.15) is 63.3 Å². The van der Waals surface area contributed by atoms with Crippen LogP contribution in [0.2, 0.25) is 5.02 Å². The summed E-state index contributed by atoms with van der Waals surface area (Å²) in [7, 11) is 0. The van der Waals surface area contributed by atoms with E-state index >= 15 is 0 Å². The second-order valence-corrected chi connectivity index (χ2v) is 9.94. The molecule has 0 aliphatic rings. The van der Waals surface area contributed by atoms with Crippen molar-refractivity contribution in [3.63, 3.8) is 0 Å². The lowest BCUT2D eigenvalue weighted by Gasteiger charge is -2.20. The van der Waals surface area contributed by atoms with Crippen LogP contribution in [0.3, 0.4) is 0 Å². The first-order valence-corrected chi connectivity index (χ1v) is 13.0. The zero-order chi connectivity index (χ0) is 31.5. The molecule has 0 spiro atoms. The van der Waals surface area contributed by atoms with Gasteiger partial charge in [-0.1, -0.05) is 18.5 Å². The number of alkyl halides is 3. The van der Waals surface area contributed by atoms with E-state index in [2.05, 4.69) is 20.6 Å². The molecule has 0 saturated carbocycles. The van der Waals surface area contributed by atoms with Crippen LogP contribution in [-0.2, 0) is 24.1 Å². The second kappa shape index (κ2) is 12.7. The number of hydrogen-bond donors (Lipinski definition) is 2. The number of hydrogen-bond acceptors (Lipinski definition) is 5. The summed E-state index contributed by atoms with van der Waals surface area (Å²) < 4.78 is 69.5. The predicted octanol–water partition coefficient (Wildman–Crippen LogP) is 6.15. The van der Waals surface area contributed by atoms with Gasteiger partial charge in [0.05, 0.1) is 24.3 Å². The van der Waals surface area contributed by atoms with Crippen molar-refractivity contribution in [2.75, 3.05) is 5.32 Å². The molecule has 0 aliphatic carbocycles. The van der Waals surface area contributed by atoms with Gasteiger partial charge in [0.1, 0.15) is 28.9 Å². The van der Waals surface area contributed by atoms with Gasteiger partial charge in [0.2, 0.25) is 0 Å². The first kappa shape index (κ1) is 31.3. The van der Waals surface area contributed by atoms with Gasteiger partial charge in [-0.05, 0) is 61.0 Å². The molecule has 0 unspecified atom stereocenters. The Bertz CT molecular complexity index is 1690. The third-order valence-corrected chi connectivity index (χ3v) is 6.69. The third-order valence-electron chi connectivity index (χ3n) is 6.35. The number of nitrogens with one attached hydrogen (secondary N) is 2. The fraction of sp³-hybridized carbons (Fsp3) is 0.207. The number of carbonyl (C=O) groups is 3. The number of carbonyl (C=O) groups excluding carboxylic acids is 3. The summed E-state index contributed by atoms with van der Waals surface area (Å²) in [6.07, 6.45) is -1.98. The minimum Gasteiger partial charge on any atom is -0.343 e. The van der Waals surface area contributed by atoms with Gasteiger partial charge in [-0.3, -0.25) is 14.4 Å². The standard InChI is InChI=1S/C29H23ClF5N5O3/c1-15(41)14-40-24(28(43)38-13-25-36-6-3-7-37-25)12-23(26(40)16(2)21-11-19(31)4-5-22(21)30)39-27(42)17-8-18(29(33,34)35)10-20(32)9-17/h3-12,16H,13-14H2,1-2H3,(H,38,43)(H,39,42)/t16-/m0/s1. The van der Waals surface area contributed by atoms with Crippen LogP contribution in [0.5, 0.6) is 0 Å². The van der Waals surface area contributed by atoms with E-state index in [0.717, 1.165) is 12.1 Å². The van der Waals surface area contributed by atoms with Gasteiger partial charge >= 0.3 is 6.18 Å². The summed E-state index contributed by atoms with van der Waals surface area (Å²) >= 11 is 6.35. The predicted molar refractivity (Wildman–Crippen MR) is 147 cm³/mol. The molecular formula is C29H23ClF5N5O3. The molecule has 14 heteroatoms. The van der Waals surface area contributed by atoms with E-state index in [4.69, 9.17) is 11.6 Å². The topological polar surface area (TPSA) is 106 Å². The Hall–Kier alpha value is -4.65. The molecule has 0 bridgehead atoms. The Kier molecular flexibility index (Phi) is 9.24. The van der Waals surface area contributed by atoms with Gasteiger partial charge in [0.25, 0.3) is 11.8 Å². The van der Waals surface area contributed by atoms with E-state index in [1.807, 2.05) is 0 Å². The Morgan fingerprint density at radius 3 is 2.33 bits per heavy atom. The Morgan fingerprint density at radius 2 is 1.67 bits per heavy atom. The normalized spacial score (nSPS) is 12.1. The molecule has 1 atom stereocenters. The maximum Gasteiger partial charge on any atom is 0.416 e. The molecule has 0 aliphatic heterocycles. The highest BCUT2D eigenvalue weighted by Crippen LogP contribution is 2.37. The lowest BCUT2D eigenvalue weighted by Crippen LogP contribution is -2.28. The number of rotatable bonds is 9. The molecule has 4 aromatic rings. The molecule has 2 heterocycles. The molecule has 4 rings (SSSR count). The Labute approximate surface area is 246 Å². The molecule has 0 saturated heterocycles. The second-order valence-electron chi connectivity index (χ2n) is 9.53.